The van der Waals surface area contributed by atoms with E-state index in [-0.39, 0.29) is 22.2 Å². The highest BCUT2D eigenvalue weighted by molar-refractivity contribution is 6.32. The van der Waals surface area contributed by atoms with E-state index in [4.69, 9.17) is 21.6 Å². The molecule has 8 heteroatoms. The minimum absolute atomic E-state index is 0.114. The first-order chi connectivity index (χ1) is 13.6. The summed E-state index contributed by atoms with van der Waals surface area (Å²) in [7, 11) is 0. The standard InChI is InChI=1S/C21H19ClF2N4O/c1-12(2)28-19(15-7-5-13(11-25)9-17(15)24)26-27-20(28)21(3,4)29-18-8-6-14(23)10-16(18)22/h5-10,12H,1-4H3. The molecule has 3 rings (SSSR count). The number of hydrogen-bond acceptors (Lipinski definition) is 4. The molecule has 0 amide bonds. The average molecular weight is 417 g/mol. The van der Waals surface area contributed by atoms with Gasteiger partial charge in [-0.05, 0) is 64.1 Å². The number of halogens is 3. The first-order valence-corrected chi connectivity index (χ1v) is 9.31. The molecule has 1 aromatic heterocycles. The number of rotatable bonds is 5. The fourth-order valence-electron chi connectivity index (χ4n) is 3.02. The monoisotopic (exact) mass is 416 g/mol. The number of aromatic nitrogens is 3. The van der Waals surface area contributed by atoms with Crippen molar-refractivity contribution in [2.24, 2.45) is 0 Å². The zero-order valence-electron chi connectivity index (χ0n) is 16.4. The van der Waals surface area contributed by atoms with Gasteiger partial charge in [0.25, 0.3) is 0 Å². The number of nitrogens with zero attached hydrogens (tertiary/aromatic N) is 4. The molecule has 0 N–H and O–H groups in total. The van der Waals surface area contributed by atoms with Gasteiger partial charge in [0.15, 0.2) is 17.2 Å². The lowest BCUT2D eigenvalue weighted by atomic mass is 10.1. The zero-order chi connectivity index (χ0) is 21.3. The van der Waals surface area contributed by atoms with Crippen LogP contribution in [0, 0.1) is 23.0 Å². The number of nitriles is 1. The number of benzene rings is 2. The van der Waals surface area contributed by atoms with Gasteiger partial charge in [-0.15, -0.1) is 10.2 Å². The molecule has 0 bridgehead atoms. The minimum Gasteiger partial charge on any atom is -0.478 e. The van der Waals surface area contributed by atoms with Crippen molar-refractivity contribution >= 4 is 11.6 Å². The molecule has 0 fully saturated rings. The first kappa shape index (κ1) is 20.7. The third kappa shape index (κ3) is 4.08. The topological polar surface area (TPSA) is 63.7 Å². The van der Waals surface area contributed by atoms with Crippen LogP contribution >= 0.6 is 11.6 Å². The normalized spacial score (nSPS) is 11.6. The Hall–Kier alpha value is -2.98. The van der Waals surface area contributed by atoms with Gasteiger partial charge in [-0.3, -0.25) is 0 Å². The molecule has 0 aliphatic carbocycles. The van der Waals surface area contributed by atoms with Gasteiger partial charge >= 0.3 is 0 Å². The summed E-state index contributed by atoms with van der Waals surface area (Å²) >= 11 is 6.09. The molecule has 0 radical (unpaired) electrons. The molecular weight excluding hydrogens is 398 g/mol. The molecule has 0 saturated carbocycles. The van der Waals surface area contributed by atoms with Crippen molar-refractivity contribution in [3.63, 3.8) is 0 Å². The van der Waals surface area contributed by atoms with E-state index in [1.165, 1.54) is 24.3 Å². The fourth-order valence-corrected chi connectivity index (χ4v) is 3.22. The smallest absolute Gasteiger partial charge is 0.177 e. The van der Waals surface area contributed by atoms with Crippen molar-refractivity contribution in [1.82, 2.24) is 14.8 Å². The Balaban J connectivity index is 2.07. The summed E-state index contributed by atoms with van der Waals surface area (Å²) in [6, 6.07) is 9.84. The largest absolute Gasteiger partial charge is 0.478 e. The SMILES string of the molecule is CC(C)n1c(-c2ccc(C#N)cc2F)nnc1C(C)(C)Oc1ccc(F)cc1Cl. The van der Waals surface area contributed by atoms with Crippen LogP contribution in [0.4, 0.5) is 8.78 Å². The van der Waals surface area contributed by atoms with E-state index in [2.05, 4.69) is 10.2 Å². The summed E-state index contributed by atoms with van der Waals surface area (Å²) in [4.78, 5) is 0. The molecule has 0 aliphatic heterocycles. The van der Waals surface area contributed by atoms with Gasteiger partial charge in [-0.25, -0.2) is 8.78 Å². The molecule has 0 atom stereocenters. The Bertz CT molecular complexity index is 1100. The van der Waals surface area contributed by atoms with E-state index in [1.807, 2.05) is 19.9 Å². The second-order valence-electron chi connectivity index (χ2n) is 7.30. The Morgan fingerprint density at radius 1 is 1.14 bits per heavy atom. The molecule has 0 aliphatic rings. The first-order valence-electron chi connectivity index (χ1n) is 8.93. The lowest BCUT2D eigenvalue weighted by Crippen LogP contribution is -2.30. The van der Waals surface area contributed by atoms with Crippen LogP contribution in [-0.4, -0.2) is 14.8 Å². The zero-order valence-corrected chi connectivity index (χ0v) is 17.1. The van der Waals surface area contributed by atoms with E-state index in [9.17, 15) is 8.78 Å². The molecule has 0 unspecified atom stereocenters. The minimum atomic E-state index is -1.000. The molecular formula is C21H19ClF2N4O. The predicted octanol–water partition coefficient (Wildman–Crippen LogP) is 5.64. The highest BCUT2D eigenvalue weighted by atomic mass is 35.5. The van der Waals surface area contributed by atoms with Gasteiger partial charge in [0.05, 0.1) is 22.2 Å². The predicted molar refractivity (Wildman–Crippen MR) is 106 cm³/mol. The second-order valence-corrected chi connectivity index (χ2v) is 7.71. The summed E-state index contributed by atoms with van der Waals surface area (Å²) in [5.74, 6) is 0.0299. The van der Waals surface area contributed by atoms with E-state index < -0.39 is 17.2 Å². The highest BCUT2D eigenvalue weighted by Gasteiger charge is 2.33. The van der Waals surface area contributed by atoms with Gasteiger partial charge in [-0.2, -0.15) is 5.26 Å². The van der Waals surface area contributed by atoms with Crippen LogP contribution in [0.1, 0.15) is 45.1 Å². The maximum Gasteiger partial charge on any atom is 0.177 e. The average Bonchev–Trinajstić information content (AvgIpc) is 3.10. The van der Waals surface area contributed by atoms with Crippen molar-refractivity contribution in [2.45, 2.75) is 39.3 Å². The Labute approximate surface area is 172 Å². The highest BCUT2D eigenvalue weighted by Crippen LogP contribution is 2.35. The molecule has 29 heavy (non-hydrogen) atoms. The van der Waals surface area contributed by atoms with Crippen molar-refractivity contribution in [1.29, 1.82) is 5.26 Å². The van der Waals surface area contributed by atoms with Crippen molar-refractivity contribution in [3.8, 4) is 23.2 Å². The Morgan fingerprint density at radius 2 is 1.86 bits per heavy atom. The third-order valence-corrected chi connectivity index (χ3v) is 4.64. The summed E-state index contributed by atoms with van der Waals surface area (Å²) in [5, 5.41) is 17.5. The molecule has 150 valence electrons. The molecule has 0 spiro atoms. The third-order valence-electron chi connectivity index (χ3n) is 4.35. The maximum atomic E-state index is 14.6. The molecule has 5 nitrogen and oxygen atoms in total. The number of ether oxygens (including phenoxy) is 1. The lowest BCUT2D eigenvalue weighted by Gasteiger charge is -2.28. The van der Waals surface area contributed by atoms with Crippen molar-refractivity contribution in [2.75, 3.05) is 0 Å². The summed E-state index contributed by atoms with van der Waals surface area (Å²) in [6.07, 6.45) is 0. The van der Waals surface area contributed by atoms with Crippen LogP contribution in [0.15, 0.2) is 36.4 Å². The van der Waals surface area contributed by atoms with Crippen LogP contribution in [0.5, 0.6) is 5.75 Å². The maximum absolute atomic E-state index is 14.6. The van der Waals surface area contributed by atoms with Gasteiger partial charge in [0, 0.05) is 6.04 Å². The fraction of sp³-hybridized carbons (Fsp3) is 0.286. The van der Waals surface area contributed by atoms with Crippen LogP contribution < -0.4 is 4.74 Å². The van der Waals surface area contributed by atoms with Crippen LogP contribution in [0.25, 0.3) is 11.4 Å². The summed E-state index contributed by atoms with van der Waals surface area (Å²) in [5.41, 5.74) is -0.552. The van der Waals surface area contributed by atoms with Crippen LogP contribution in [0.3, 0.4) is 0 Å². The Kier molecular flexibility index (Phi) is 5.58. The molecule has 2 aromatic carbocycles. The molecule has 3 aromatic rings. The van der Waals surface area contributed by atoms with Crippen LogP contribution in [0.2, 0.25) is 5.02 Å². The number of hydrogen-bond donors (Lipinski definition) is 0. The molecule has 0 saturated heterocycles. The van der Waals surface area contributed by atoms with Gasteiger partial charge in [0.2, 0.25) is 0 Å². The van der Waals surface area contributed by atoms with Gasteiger partial charge in [-0.1, -0.05) is 11.6 Å². The summed E-state index contributed by atoms with van der Waals surface area (Å²) in [6.45, 7) is 7.38. The molecule has 1 heterocycles. The van der Waals surface area contributed by atoms with Gasteiger partial charge in [0.1, 0.15) is 17.4 Å². The van der Waals surface area contributed by atoms with Gasteiger partial charge < -0.3 is 9.30 Å². The van der Waals surface area contributed by atoms with E-state index in [0.29, 0.717) is 17.4 Å². The van der Waals surface area contributed by atoms with E-state index in [1.54, 1.807) is 18.4 Å². The van der Waals surface area contributed by atoms with E-state index in [0.717, 1.165) is 12.1 Å². The van der Waals surface area contributed by atoms with Crippen molar-refractivity contribution < 1.29 is 13.5 Å². The van der Waals surface area contributed by atoms with E-state index >= 15 is 0 Å². The van der Waals surface area contributed by atoms with Crippen molar-refractivity contribution in [3.05, 3.63) is 64.4 Å². The Morgan fingerprint density at radius 3 is 2.45 bits per heavy atom. The summed E-state index contributed by atoms with van der Waals surface area (Å²) < 4.78 is 35.7. The second kappa shape index (κ2) is 7.80. The lowest BCUT2D eigenvalue weighted by molar-refractivity contribution is 0.0925. The quantitative estimate of drug-likeness (QED) is 0.539. The van der Waals surface area contributed by atoms with Crippen LogP contribution in [-0.2, 0) is 5.60 Å².